The predicted octanol–water partition coefficient (Wildman–Crippen LogP) is 3.84. The molecule has 1 saturated heterocycles. The van der Waals surface area contributed by atoms with Crippen molar-refractivity contribution in [2.24, 2.45) is 5.92 Å². The van der Waals surface area contributed by atoms with E-state index in [4.69, 9.17) is 0 Å². The Morgan fingerprint density at radius 1 is 1.14 bits per heavy atom. The number of hydrogen-bond donors (Lipinski definition) is 1. The van der Waals surface area contributed by atoms with Crippen LogP contribution in [0.15, 0.2) is 28.7 Å². The lowest BCUT2D eigenvalue weighted by Crippen LogP contribution is -2.46. The van der Waals surface area contributed by atoms with E-state index in [-0.39, 0.29) is 0 Å². The molecule has 2 fully saturated rings. The maximum atomic E-state index is 3.77. The summed E-state index contributed by atoms with van der Waals surface area (Å²) in [5, 5.41) is 3.77. The fourth-order valence-electron chi connectivity index (χ4n) is 3.29. The van der Waals surface area contributed by atoms with E-state index in [9.17, 15) is 0 Å². The average molecular weight is 351 g/mol. The Kier molecular flexibility index (Phi) is 5.36. The molecule has 1 heterocycles. The number of likely N-dealkylation sites (tertiary alicyclic amines) is 1. The largest absolute Gasteiger partial charge is 0.314 e. The van der Waals surface area contributed by atoms with Crippen molar-refractivity contribution in [3.05, 3.63) is 34.3 Å². The van der Waals surface area contributed by atoms with Crippen LogP contribution in [0, 0.1) is 5.92 Å². The minimum atomic E-state index is 0.649. The summed E-state index contributed by atoms with van der Waals surface area (Å²) in [6.07, 6.45) is 6.70. The fraction of sp³-hybridized carbons (Fsp3) is 0.667. The van der Waals surface area contributed by atoms with Crippen molar-refractivity contribution in [3.8, 4) is 0 Å². The molecule has 21 heavy (non-hydrogen) atoms. The van der Waals surface area contributed by atoms with E-state index in [1.165, 1.54) is 55.4 Å². The molecule has 1 aliphatic heterocycles. The summed E-state index contributed by atoms with van der Waals surface area (Å²) in [5.74, 6) is 0.999. The van der Waals surface area contributed by atoms with Gasteiger partial charge in [-0.3, -0.25) is 0 Å². The van der Waals surface area contributed by atoms with Crippen LogP contribution >= 0.6 is 15.9 Å². The quantitative estimate of drug-likeness (QED) is 0.838. The Balaban J connectivity index is 1.41. The maximum absolute atomic E-state index is 3.77. The van der Waals surface area contributed by atoms with Crippen LogP contribution in [-0.2, 0) is 6.42 Å². The number of hydrogen-bond acceptors (Lipinski definition) is 2. The van der Waals surface area contributed by atoms with Gasteiger partial charge in [-0.25, -0.2) is 0 Å². The highest BCUT2D eigenvalue weighted by molar-refractivity contribution is 9.10. The van der Waals surface area contributed by atoms with Gasteiger partial charge in [-0.15, -0.1) is 0 Å². The minimum Gasteiger partial charge on any atom is -0.314 e. The van der Waals surface area contributed by atoms with Crippen molar-refractivity contribution in [1.82, 2.24) is 10.2 Å². The molecule has 1 aromatic carbocycles. The van der Waals surface area contributed by atoms with Crippen molar-refractivity contribution < 1.29 is 0 Å². The highest BCUT2D eigenvalue weighted by Crippen LogP contribution is 2.28. The van der Waals surface area contributed by atoms with Crippen molar-refractivity contribution in [2.75, 3.05) is 19.6 Å². The van der Waals surface area contributed by atoms with E-state index in [2.05, 4.69) is 57.3 Å². The fourth-order valence-corrected chi connectivity index (χ4v) is 3.55. The molecular weight excluding hydrogens is 324 g/mol. The van der Waals surface area contributed by atoms with E-state index in [1.807, 2.05) is 0 Å². The van der Waals surface area contributed by atoms with Gasteiger partial charge < -0.3 is 10.2 Å². The topological polar surface area (TPSA) is 15.3 Å². The summed E-state index contributed by atoms with van der Waals surface area (Å²) in [4.78, 5) is 2.66. The van der Waals surface area contributed by atoms with Gasteiger partial charge in [-0.1, -0.05) is 28.1 Å². The van der Waals surface area contributed by atoms with Crippen LogP contribution in [0.3, 0.4) is 0 Å². The third-order valence-corrected chi connectivity index (χ3v) is 5.52. The zero-order chi connectivity index (χ0) is 14.7. The van der Waals surface area contributed by atoms with Crippen LogP contribution in [0.25, 0.3) is 0 Å². The van der Waals surface area contributed by atoms with Gasteiger partial charge in [0.15, 0.2) is 0 Å². The summed E-state index contributed by atoms with van der Waals surface area (Å²) in [6.45, 7) is 6.14. The third kappa shape index (κ3) is 4.80. The van der Waals surface area contributed by atoms with E-state index in [0.717, 1.165) is 18.4 Å². The van der Waals surface area contributed by atoms with Crippen molar-refractivity contribution >= 4 is 15.9 Å². The van der Waals surface area contributed by atoms with E-state index in [0.29, 0.717) is 6.04 Å². The molecule has 0 spiro atoms. The number of nitrogens with zero attached hydrogens (tertiary/aromatic N) is 1. The molecule has 1 unspecified atom stereocenters. The molecular formula is C18H27BrN2. The van der Waals surface area contributed by atoms with Crippen LogP contribution in [0.5, 0.6) is 0 Å². The lowest BCUT2D eigenvalue weighted by Gasteiger charge is -2.36. The van der Waals surface area contributed by atoms with Gasteiger partial charge in [-0.2, -0.15) is 0 Å². The Hall–Kier alpha value is -0.380. The van der Waals surface area contributed by atoms with Gasteiger partial charge in [0, 0.05) is 16.6 Å². The molecule has 1 atom stereocenters. The van der Waals surface area contributed by atoms with Gasteiger partial charge in [0.05, 0.1) is 0 Å². The standard InChI is InChI=1S/C18H27BrN2/c1-14(12-15-4-6-17(19)7-5-15)21-10-8-18(9-11-21)20-13-16-2-3-16/h4-7,14,16,18,20H,2-3,8-13H2,1H3. The number of rotatable bonds is 6. The lowest BCUT2D eigenvalue weighted by molar-refractivity contribution is 0.151. The number of benzene rings is 1. The van der Waals surface area contributed by atoms with Crippen LogP contribution < -0.4 is 5.32 Å². The van der Waals surface area contributed by atoms with Crippen molar-refractivity contribution in [1.29, 1.82) is 0 Å². The highest BCUT2D eigenvalue weighted by atomic mass is 79.9. The molecule has 3 heteroatoms. The molecule has 1 N–H and O–H groups in total. The summed E-state index contributed by atoms with van der Waals surface area (Å²) in [5.41, 5.74) is 1.44. The Bertz CT molecular complexity index is 433. The number of halogens is 1. The SMILES string of the molecule is CC(Cc1ccc(Br)cc1)N1CCC(NCC2CC2)CC1. The van der Waals surface area contributed by atoms with E-state index < -0.39 is 0 Å². The van der Waals surface area contributed by atoms with Gasteiger partial charge >= 0.3 is 0 Å². The molecule has 0 radical (unpaired) electrons. The van der Waals surface area contributed by atoms with Crippen LogP contribution in [0.1, 0.15) is 38.2 Å². The molecule has 0 amide bonds. The van der Waals surface area contributed by atoms with Gasteiger partial charge in [0.25, 0.3) is 0 Å². The normalized spacial score (nSPS) is 22.4. The molecule has 0 aromatic heterocycles. The first-order valence-electron chi connectivity index (χ1n) is 8.42. The Labute approximate surface area is 137 Å². The van der Waals surface area contributed by atoms with Gasteiger partial charge in [0.2, 0.25) is 0 Å². The second-order valence-corrected chi connectivity index (χ2v) is 7.76. The minimum absolute atomic E-state index is 0.649. The molecule has 1 saturated carbocycles. The van der Waals surface area contributed by atoms with E-state index in [1.54, 1.807) is 0 Å². The summed E-state index contributed by atoms with van der Waals surface area (Å²) < 4.78 is 1.17. The molecule has 2 nitrogen and oxygen atoms in total. The van der Waals surface area contributed by atoms with Crippen molar-refractivity contribution in [3.63, 3.8) is 0 Å². The smallest absolute Gasteiger partial charge is 0.0175 e. The zero-order valence-corrected chi connectivity index (χ0v) is 14.6. The summed E-state index contributed by atoms with van der Waals surface area (Å²) >= 11 is 3.51. The molecule has 2 aliphatic rings. The Morgan fingerprint density at radius 2 is 1.81 bits per heavy atom. The molecule has 1 aromatic rings. The van der Waals surface area contributed by atoms with Gasteiger partial charge in [-0.05, 0) is 82.3 Å². The summed E-state index contributed by atoms with van der Waals surface area (Å²) in [6, 6.07) is 10.2. The summed E-state index contributed by atoms with van der Waals surface area (Å²) in [7, 11) is 0. The van der Waals surface area contributed by atoms with Crippen LogP contribution in [0.2, 0.25) is 0 Å². The molecule has 116 valence electrons. The molecule has 3 rings (SSSR count). The monoisotopic (exact) mass is 350 g/mol. The van der Waals surface area contributed by atoms with Gasteiger partial charge in [0.1, 0.15) is 0 Å². The maximum Gasteiger partial charge on any atom is 0.0175 e. The molecule has 1 aliphatic carbocycles. The number of nitrogens with one attached hydrogen (secondary N) is 1. The first-order valence-corrected chi connectivity index (χ1v) is 9.22. The zero-order valence-electron chi connectivity index (χ0n) is 13.0. The first-order chi connectivity index (χ1) is 10.2. The highest BCUT2D eigenvalue weighted by Gasteiger charge is 2.25. The third-order valence-electron chi connectivity index (χ3n) is 4.99. The van der Waals surface area contributed by atoms with Crippen LogP contribution in [-0.4, -0.2) is 36.6 Å². The average Bonchev–Trinajstić information content (AvgIpc) is 3.32. The molecule has 0 bridgehead atoms. The van der Waals surface area contributed by atoms with Crippen molar-refractivity contribution in [2.45, 2.75) is 51.1 Å². The second kappa shape index (κ2) is 7.26. The van der Waals surface area contributed by atoms with E-state index >= 15 is 0 Å². The Morgan fingerprint density at radius 3 is 2.43 bits per heavy atom. The second-order valence-electron chi connectivity index (χ2n) is 6.84. The van der Waals surface area contributed by atoms with Crippen LogP contribution in [0.4, 0.5) is 0 Å². The lowest BCUT2D eigenvalue weighted by atomic mass is 10.00. The first kappa shape index (κ1) is 15.5. The predicted molar refractivity (Wildman–Crippen MR) is 92.6 cm³/mol. The number of piperidine rings is 1.